The Hall–Kier alpha value is -1.29. The van der Waals surface area contributed by atoms with Crippen molar-refractivity contribution in [2.45, 2.75) is 31.7 Å². The molecule has 2 saturated heterocycles. The molecule has 1 aromatic rings. The lowest BCUT2D eigenvalue weighted by atomic mass is 10.1. The van der Waals surface area contributed by atoms with Gasteiger partial charge >= 0.3 is 0 Å². The van der Waals surface area contributed by atoms with Crippen LogP contribution >= 0.6 is 0 Å². The van der Waals surface area contributed by atoms with Crippen molar-refractivity contribution < 1.29 is 0 Å². The zero-order valence-corrected chi connectivity index (χ0v) is 11.8. The minimum absolute atomic E-state index is 0.607. The van der Waals surface area contributed by atoms with Crippen LogP contribution in [0.2, 0.25) is 0 Å². The van der Waals surface area contributed by atoms with E-state index < -0.39 is 0 Å². The molecule has 3 heterocycles. The van der Waals surface area contributed by atoms with Crippen LogP contribution in [0, 0.1) is 0 Å². The summed E-state index contributed by atoms with van der Waals surface area (Å²) in [5.74, 6) is 1.13. The van der Waals surface area contributed by atoms with Crippen molar-refractivity contribution in [2.75, 3.05) is 43.4 Å². The summed E-state index contributed by atoms with van der Waals surface area (Å²) in [5.41, 5.74) is 1.16. The third-order valence-corrected chi connectivity index (χ3v) is 4.27. The van der Waals surface area contributed by atoms with Crippen molar-refractivity contribution in [1.82, 2.24) is 9.88 Å². The summed E-state index contributed by atoms with van der Waals surface area (Å²) in [7, 11) is 2.20. The number of likely N-dealkylation sites (tertiary alicyclic amines) is 1. The standard InChI is InChI=1S/C15H24N4/c1-18-10-6-13(7-11-18)17-14-4-5-15(16-12-14)19-8-2-3-9-19/h4-5,12-13,17H,2-3,6-11H2,1H3. The molecule has 4 nitrogen and oxygen atoms in total. The molecule has 0 spiro atoms. The van der Waals surface area contributed by atoms with E-state index in [0.717, 1.165) is 24.6 Å². The molecular formula is C15H24N4. The number of anilines is 2. The minimum Gasteiger partial charge on any atom is -0.381 e. The Morgan fingerprint density at radius 3 is 2.47 bits per heavy atom. The lowest BCUT2D eigenvalue weighted by Gasteiger charge is -2.30. The number of aromatic nitrogens is 1. The Labute approximate surface area is 115 Å². The van der Waals surface area contributed by atoms with Gasteiger partial charge in [0.2, 0.25) is 0 Å². The average Bonchev–Trinajstić information content (AvgIpc) is 2.96. The van der Waals surface area contributed by atoms with Crippen molar-refractivity contribution in [3.63, 3.8) is 0 Å². The van der Waals surface area contributed by atoms with Crippen LogP contribution in [0.25, 0.3) is 0 Å². The zero-order valence-electron chi connectivity index (χ0n) is 11.8. The first-order valence-electron chi connectivity index (χ1n) is 7.47. The maximum Gasteiger partial charge on any atom is 0.128 e. The van der Waals surface area contributed by atoms with E-state index in [0.29, 0.717) is 6.04 Å². The van der Waals surface area contributed by atoms with Crippen LogP contribution in [0.1, 0.15) is 25.7 Å². The average molecular weight is 260 g/mol. The molecule has 2 aliphatic heterocycles. The number of nitrogens with zero attached hydrogens (tertiary/aromatic N) is 3. The maximum absolute atomic E-state index is 4.59. The molecule has 3 rings (SSSR count). The van der Waals surface area contributed by atoms with Gasteiger partial charge in [0.1, 0.15) is 5.82 Å². The lowest BCUT2D eigenvalue weighted by Crippen LogP contribution is -2.36. The van der Waals surface area contributed by atoms with Gasteiger partial charge in [-0.3, -0.25) is 0 Å². The summed E-state index contributed by atoms with van der Waals surface area (Å²) in [6, 6.07) is 4.94. The Morgan fingerprint density at radius 2 is 1.84 bits per heavy atom. The van der Waals surface area contributed by atoms with E-state index >= 15 is 0 Å². The van der Waals surface area contributed by atoms with Crippen molar-refractivity contribution >= 4 is 11.5 Å². The fourth-order valence-electron chi connectivity index (χ4n) is 2.99. The molecule has 1 N–H and O–H groups in total. The van der Waals surface area contributed by atoms with Gasteiger partial charge in [0, 0.05) is 19.1 Å². The van der Waals surface area contributed by atoms with E-state index in [1.165, 1.54) is 38.8 Å². The van der Waals surface area contributed by atoms with E-state index in [2.05, 4.69) is 39.3 Å². The van der Waals surface area contributed by atoms with Gasteiger partial charge in [-0.25, -0.2) is 4.98 Å². The molecule has 0 aromatic carbocycles. The first-order chi connectivity index (χ1) is 9.31. The number of nitrogens with one attached hydrogen (secondary N) is 1. The predicted molar refractivity (Wildman–Crippen MR) is 79.8 cm³/mol. The summed E-state index contributed by atoms with van der Waals surface area (Å²) in [5, 5.41) is 3.61. The van der Waals surface area contributed by atoms with Gasteiger partial charge in [-0.15, -0.1) is 0 Å². The van der Waals surface area contributed by atoms with Crippen LogP contribution in [0.4, 0.5) is 11.5 Å². The van der Waals surface area contributed by atoms with Gasteiger partial charge in [0.05, 0.1) is 11.9 Å². The molecule has 0 saturated carbocycles. The van der Waals surface area contributed by atoms with Crippen LogP contribution in [0.15, 0.2) is 18.3 Å². The largest absolute Gasteiger partial charge is 0.381 e. The highest BCUT2D eigenvalue weighted by Gasteiger charge is 2.17. The van der Waals surface area contributed by atoms with Crippen molar-refractivity contribution in [1.29, 1.82) is 0 Å². The number of hydrogen-bond donors (Lipinski definition) is 1. The molecule has 0 radical (unpaired) electrons. The fourth-order valence-corrected chi connectivity index (χ4v) is 2.99. The van der Waals surface area contributed by atoms with Crippen LogP contribution in [-0.2, 0) is 0 Å². The van der Waals surface area contributed by atoms with Crippen LogP contribution < -0.4 is 10.2 Å². The summed E-state index contributed by atoms with van der Waals surface area (Å²) in [6.45, 7) is 4.71. The summed E-state index contributed by atoms with van der Waals surface area (Å²) in [4.78, 5) is 9.36. The topological polar surface area (TPSA) is 31.4 Å². The van der Waals surface area contributed by atoms with Gasteiger partial charge in [0.25, 0.3) is 0 Å². The Balaban J connectivity index is 1.56. The molecule has 0 unspecified atom stereocenters. The monoisotopic (exact) mass is 260 g/mol. The smallest absolute Gasteiger partial charge is 0.128 e. The maximum atomic E-state index is 4.59. The fraction of sp³-hybridized carbons (Fsp3) is 0.667. The highest BCUT2D eigenvalue weighted by molar-refractivity contribution is 5.49. The number of hydrogen-bond acceptors (Lipinski definition) is 4. The second kappa shape index (κ2) is 5.78. The van der Waals surface area contributed by atoms with Crippen molar-refractivity contribution in [3.8, 4) is 0 Å². The Morgan fingerprint density at radius 1 is 1.11 bits per heavy atom. The second-order valence-corrected chi connectivity index (χ2v) is 5.82. The molecule has 19 heavy (non-hydrogen) atoms. The molecular weight excluding hydrogens is 236 g/mol. The highest BCUT2D eigenvalue weighted by atomic mass is 15.2. The van der Waals surface area contributed by atoms with Gasteiger partial charge in [-0.05, 0) is 58.0 Å². The van der Waals surface area contributed by atoms with E-state index in [-0.39, 0.29) is 0 Å². The summed E-state index contributed by atoms with van der Waals surface area (Å²) >= 11 is 0. The Bertz CT molecular complexity index is 389. The van der Waals surface area contributed by atoms with Crippen LogP contribution in [0.5, 0.6) is 0 Å². The van der Waals surface area contributed by atoms with Crippen LogP contribution in [-0.4, -0.2) is 49.2 Å². The lowest BCUT2D eigenvalue weighted by molar-refractivity contribution is 0.264. The normalized spacial score (nSPS) is 21.8. The molecule has 2 fully saturated rings. The van der Waals surface area contributed by atoms with E-state index in [1.807, 2.05) is 6.20 Å². The third kappa shape index (κ3) is 3.18. The number of rotatable bonds is 3. The third-order valence-electron chi connectivity index (χ3n) is 4.27. The van der Waals surface area contributed by atoms with E-state index in [4.69, 9.17) is 0 Å². The molecule has 0 atom stereocenters. The predicted octanol–water partition coefficient (Wildman–Crippen LogP) is 2.19. The van der Waals surface area contributed by atoms with Crippen molar-refractivity contribution in [2.24, 2.45) is 0 Å². The van der Waals surface area contributed by atoms with Gasteiger partial charge in [-0.2, -0.15) is 0 Å². The van der Waals surface area contributed by atoms with Crippen molar-refractivity contribution in [3.05, 3.63) is 18.3 Å². The molecule has 4 heteroatoms. The van der Waals surface area contributed by atoms with Crippen LogP contribution in [0.3, 0.4) is 0 Å². The molecule has 104 valence electrons. The molecule has 2 aliphatic rings. The number of piperidine rings is 1. The molecule has 0 amide bonds. The molecule has 1 aromatic heterocycles. The highest BCUT2D eigenvalue weighted by Crippen LogP contribution is 2.20. The molecule has 0 bridgehead atoms. The minimum atomic E-state index is 0.607. The zero-order chi connectivity index (χ0) is 13.1. The van der Waals surface area contributed by atoms with Gasteiger partial charge < -0.3 is 15.1 Å². The summed E-state index contributed by atoms with van der Waals surface area (Å²) in [6.07, 6.45) is 7.05. The number of pyridine rings is 1. The van der Waals surface area contributed by atoms with Gasteiger partial charge in [-0.1, -0.05) is 0 Å². The second-order valence-electron chi connectivity index (χ2n) is 5.82. The van der Waals surface area contributed by atoms with Gasteiger partial charge in [0.15, 0.2) is 0 Å². The SMILES string of the molecule is CN1CCC(Nc2ccc(N3CCCC3)nc2)CC1. The van der Waals surface area contributed by atoms with E-state index in [1.54, 1.807) is 0 Å². The quantitative estimate of drug-likeness (QED) is 0.902. The first-order valence-corrected chi connectivity index (χ1v) is 7.47. The molecule has 0 aliphatic carbocycles. The van der Waals surface area contributed by atoms with E-state index in [9.17, 15) is 0 Å². The first kappa shape index (κ1) is 12.7. The summed E-state index contributed by atoms with van der Waals surface area (Å²) < 4.78 is 0. The Kier molecular flexibility index (Phi) is 3.87.